The summed E-state index contributed by atoms with van der Waals surface area (Å²) in [4.78, 5) is 11.3. The average Bonchev–Trinajstić information content (AvgIpc) is 2.30. The SMILES string of the molecule is CCS(=O)(=O)Nc1ccc(F)cc1C(=O)OC. The van der Waals surface area contributed by atoms with Crippen LogP contribution in [0.1, 0.15) is 17.3 Å². The number of nitrogens with one attached hydrogen (secondary N) is 1. The molecule has 0 fully saturated rings. The maximum Gasteiger partial charge on any atom is 0.340 e. The van der Waals surface area contributed by atoms with Gasteiger partial charge in [-0.25, -0.2) is 17.6 Å². The highest BCUT2D eigenvalue weighted by atomic mass is 32.2. The van der Waals surface area contributed by atoms with E-state index in [1.165, 1.54) is 13.0 Å². The van der Waals surface area contributed by atoms with E-state index < -0.39 is 21.8 Å². The zero-order valence-corrected chi connectivity index (χ0v) is 10.2. The smallest absolute Gasteiger partial charge is 0.340 e. The van der Waals surface area contributed by atoms with Crippen molar-refractivity contribution in [2.45, 2.75) is 6.92 Å². The molecule has 1 aromatic carbocycles. The first-order valence-corrected chi connectivity index (χ1v) is 6.43. The van der Waals surface area contributed by atoms with Crippen LogP contribution in [0.15, 0.2) is 18.2 Å². The lowest BCUT2D eigenvalue weighted by molar-refractivity contribution is 0.0601. The third-order valence-electron chi connectivity index (χ3n) is 2.03. The van der Waals surface area contributed by atoms with E-state index in [1.807, 2.05) is 0 Å². The lowest BCUT2D eigenvalue weighted by atomic mass is 10.2. The van der Waals surface area contributed by atoms with Crippen molar-refractivity contribution in [1.29, 1.82) is 0 Å². The van der Waals surface area contributed by atoms with E-state index in [0.717, 1.165) is 19.2 Å². The standard InChI is InChI=1S/C10H12FNO4S/c1-3-17(14,15)12-9-5-4-7(11)6-8(9)10(13)16-2/h4-6,12H,3H2,1-2H3. The molecular formula is C10H12FNO4S. The molecule has 17 heavy (non-hydrogen) atoms. The number of esters is 1. The number of hydrogen-bond acceptors (Lipinski definition) is 4. The predicted molar refractivity (Wildman–Crippen MR) is 60.8 cm³/mol. The highest BCUT2D eigenvalue weighted by Gasteiger charge is 2.16. The number of methoxy groups -OCH3 is 1. The molecule has 1 rings (SSSR count). The third kappa shape index (κ3) is 3.42. The fourth-order valence-electron chi connectivity index (χ4n) is 1.12. The van der Waals surface area contributed by atoms with Crippen molar-refractivity contribution in [2.24, 2.45) is 0 Å². The molecule has 0 spiro atoms. The van der Waals surface area contributed by atoms with Gasteiger partial charge in [0.05, 0.1) is 24.1 Å². The molecule has 0 aliphatic heterocycles. The summed E-state index contributed by atoms with van der Waals surface area (Å²) in [5.74, 6) is -1.60. The Morgan fingerprint density at radius 3 is 2.65 bits per heavy atom. The number of anilines is 1. The molecule has 94 valence electrons. The van der Waals surface area contributed by atoms with Gasteiger partial charge in [0.2, 0.25) is 10.0 Å². The molecule has 0 aliphatic rings. The monoisotopic (exact) mass is 261 g/mol. The quantitative estimate of drug-likeness (QED) is 0.831. The summed E-state index contributed by atoms with van der Waals surface area (Å²) < 4.78 is 42.3. The Morgan fingerprint density at radius 2 is 2.12 bits per heavy atom. The topological polar surface area (TPSA) is 72.5 Å². The molecule has 0 bridgehead atoms. The summed E-state index contributed by atoms with van der Waals surface area (Å²) in [7, 11) is -2.40. The van der Waals surface area contributed by atoms with Crippen LogP contribution in [0.5, 0.6) is 0 Å². The number of halogens is 1. The van der Waals surface area contributed by atoms with Gasteiger partial charge >= 0.3 is 5.97 Å². The van der Waals surface area contributed by atoms with Gasteiger partial charge in [-0.3, -0.25) is 4.72 Å². The van der Waals surface area contributed by atoms with Crippen molar-refractivity contribution in [1.82, 2.24) is 0 Å². The normalized spacial score (nSPS) is 11.0. The Bertz CT molecular complexity index is 527. The Labute approximate surface area is 98.6 Å². The van der Waals surface area contributed by atoms with Gasteiger partial charge in [0.25, 0.3) is 0 Å². The van der Waals surface area contributed by atoms with Crippen LogP contribution in [-0.2, 0) is 14.8 Å². The minimum absolute atomic E-state index is 0.0000926. The largest absolute Gasteiger partial charge is 0.465 e. The molecule has 0 amide bonds. The lowest BCUT2D eigenvalue weighted by Gasteiger charge is -2.10. The summed E-state index contributed by atoms with van der Waals surface area (Å²) in [6.07, 6.45) is 0. The van der Waals surface area contributed by atoms with Crippen LogP contribution in [0.25, 0.3) is 0 Å². The van der Waals surface area contributed by atoms with Gasteiger partial charge < -0.3 is 4.74 Å². The predicted octanol–water partition coefficient (Wildman–Crippen LogP) is 1.37. The van der Waals surface area contributed by atoms with Crippen molar-refractivity contribution in [2.75, 3.05) is 17.6 Å². The number of benzene rings is 1. The summed E-state index contributed by atoms with van der Waals surface area (Å²) in [6.45, 7) is 1.45. The highest BCUT2D eigenvalue weighted by Crippen LogP contribution is 2.19. The summed E-state index contributed by atoms with van der Waals surface area (Å²) in [5, 5.41) is 0. The molecule has 1 N–H and O–H groups in total. The molecule has 0 saturated carbocycles. The van der Waals surface area contributed by atoms with Crippen molar-refractivity contribution in [3.63, 3.8) is 0 Å². The molecule has 0 heterocycles. The van der Waals surface area contributed by atoms with E-state index in [1.54, 1.807) is 0 Å². The Kier molecular flexibility index (Phi) is 4.06. The zero-order chi connectivity index (χ0) is 13.1. The first-order chi connectivity index (χ1) is 7.89. The van der Waals surface area contributed by atoms with Crippen LogP contribution < -0.4 is 4.72 Å². The average molecular weight is 261 g/mol. The molecular weight excluding hydrogens is 249 g/mol. The maximum absolute atomic E-state index is 13.0. The zero-order valence-electron chi connectivity index (χ0n) is 9.36. The number of ether oxygens (including phenoxy) is 1. The minimum atomic E-state index is -3.53. The molecule has 0 saturated heterocycles. The second-order valence-electron chi connectivity index (χ2n) is 3.19. The molecule has 0 aromatic heterocycles. The van der Waals surface area contributed by atoms with Gasteiger partial charge in [-0.05, 0) is 25.1 Å². The molecule has 0 atom stereocenters. The van der Waals surface area contributed by atoms with Crippen LogP contribution in [-0.4, -0.2) is 27.2 Å². The van der Waals surface area contributed by atoms with Gasteiger partial charge in [-0.15, -0.1) is 0 Å². The number of carbonyl (C=O) groups is 1. The van der Waals surface area contributed by atoms with Gasteiger partial charge in [0.1, 0.15) is 5.82 Å². The van der Waals surface area contributed by atoms with Crippen LogP contribution in [0.4, 0.5) is 10.1 Å². The first-order valence-electron chi connectivity index (χ1n) is 4.78. The molecule has 0 radical (unpaired) electrons. The summed E-state index contributed by atoms with van der Waals surface area (Å²) >= 11 is 0. The van der Waals surface area contributed by atoms with Crippen molar-refractivity contribution < 1.29 is 22.3 Å². The summed E-state index contributed by atoms with van der Waals surface area (Å²) in [5.41, 5.74) is -0.162. The van der Waals surface area contributed by atoms with E-state index in [2.05, 4.69) is 9.46 Å². The fourth-order valence-corrected chi connectivity index (χ4v) is 1.78. The summed E-state index contributed by atoms with van der Waals surface area (Å²) in [6, 6.07) is 3.15. The molecule has 7 heteroatoms. The lowest BCUT2D eigenvalue weighted by Crippen LogP contribution is -2.17. The highest BCUT2D eigenvalue weighted by molar-refractivity contribution is 7.92. The van der Waals surface area contributed by atoms with Crippen LogP contribution in [0.2, 0.25) is 0 Å². The first kappa shape index (κ1) is 13.4. The molecule has 5 nitrogen and oxygen atoms in total. The molecule has 0 unspecified atom stereocenters. The van der Waals surface area contributed by atoms with E-state index in [9.17, 15) is 17.6 Å². The molecule has 0 aliphatic carbocycles. The van der Waals surface area contributed by atoms with Crippen molar-refractivity contribution in [3.05, 3.63) is 29.6 Å². The van der Waals surface area contributed by atoms with Gasteiger partial charge in [-0.1, -0.05) is 0 Å². The number of hydrogen-bond donors (Lipinski definition) is 1. The Hall–Kier alpha value is -1.63. The van der Waals surface area contributed by atoms with E-state index in [-0.39, 0.29) is 17.0 Å². The number of sulfonamides is 1. The Balaban J connectivity index is 3.20. The number of rotatable bonds is 4. The maximum atomic E-state index is 13.0. The minimum Gasteiger partial charge on any atom is -0.465 e. The van der Waals surface area contributed by atoms with Crippen molar-refractivity contribution >= 4 is 21.7 Å². The van der Waals surface area contributed by atoms with Gasteiger partial charge in [0.15, 0.2) is 0 Å². The van der Waals surface area contributed by atoms with Gasteiger partial charge in [0, 0.05) is 0 Å². The Morgan fingerprint density at radius 1 is 1.47 bits per heavy atom. The van der Waals surface area contributed by atoms with E-state index in [0.29, 0.717) is 0 Å². The van der Waals surface area contributed by atoms with Crippen LogP contribution >= 0.6 is 0 Å². The second-order valence-corrected chi connectivity index (χ2v) is 5.20. The second kappa shape index (κ2) is 5.13. The fraction of sp³-hybridized carbons (Fsp3) is 0.300. The van der Waals surface area contributed by atoms with Crippen LogP contribution in [0, 0.1) is 5.82 Å². The number of carbonyl (C=O) groups excluding carboxylic acids is 1. The third-order valence-corrected chi connectivity index (χ3v) is 3.32. The van der Waals surface area contributed by atoms with E-state index in [4.69, 9.17) is 0 Å². The molecule has 1 aromatic rings. The van der Waals surface area contributed by atoms with Gasteiger partial charge in [-0.2, -0.15) is 0 Å². The van der Waals surface area contributed by atoms with E-state index >= 15 is 0 Å². The van der Waals surface area contributed by atoms with Crippen LogP contribution in [0.3, 0.4) is 0 Å². The van der Waals surface area contributed by atoms with Crippen molar-refractivity contribution in [3.8, 4) is 0 Å².